The third kappa shape index (κ3) is 6.56. The Morgan fingerprint density at radius 3 is 2.31 bits per heavy atom. The van der Waals surface area contributed by atoms with E-state index in [9.17, 15) is 13.2 Å². The van der Waals surface area contributed by atoms with Crippen molar-refractivity contribution in [2.24, 2.45) is 0 Å². The maximum absolute atomic E-state index is 12.4. The molecule has 1 saturated heterocycles. The maximum Gasteiger partial charge on any atom is 0.221 e. The number of likely N-dealkylation sites (tertiary alicyclic amines) is 1. The molecule has 0 saturated carbocycles. The van der Waals surface area contributed by atoms with Gasteiger partial charge in [-0.05, 0) is 49.6 Å². The highest BCUT2D eigenvalue weighted by atomic mass is 35.5. The Morgan fingerprint density at radius 1 is 1.07 bits per heavy atom. The van der Waals surface area contributed by atoms with Crippen LogP contribution >= 0.6 is 11.6 Å². The molecule has 1 amide bonds. The molecule has 1 heterocycles. The lowest BCUT2D eigenvalue weighted by Crippen LogP contribution is -2.44. The van der Waals surface area contributed by atoms with Crippen molar-refractivity contribution in [1.29, 1.82) is 0 Å². The molecule has 29 heavy (non-hydrogen) atoms. The average molecular weight is 435 g/mol. The molecule has 7 heteroatoms. The highest BCUT2D eigenvalue weighted by molar-refractivity contribution is 7.91. The number of rotatable bonds is 7. The Morgan fingerprint density at radius 2 is 1.69 bits per heavy atom. The van der Waals surface area contributed by atoms with E-state index >= 15 is 0 Å². The molecule has 156 valence electrons. The van der Waals surface area contributed by atoms with Crippen molar-refractivity contribution in [2.45, 2.75) is 43.7 Å². The van der Waals surface area contributed by atoms with Crippen molar-refractivity contribution in [3.8, 4) is 0 Å². The van der Waals surface area contributed by atoms with Gasteiger partial charge in [0.05, 0.1) is 10.6 Å². The first-order chi connectivity index (χ1) is 13.8. The number of amides is 1. The molecule has 0 unspecified atom stereocenters. The van der Waals surface area contributed by atoms with E-state index in [1.54, 1.807) is 24.3 Å². The number of carbonyl (C=O) groups excluding carboxylic acids is 1. The number of piperidine rings is 1. The van der Waals surface area contributed by atoms with E-state index in [4.69, 9.17) is 11.6 Å². The molecule has 1 aliphatic heterocycles. The Balaban J connectivity index is 1.41. The van der Waals surface area contributed by atoms with Crippen molar-refractivity contribution in [3.05, 3.63) is 64.7 Å². The van der Waals surface area contributed by atoms with Crippen LogP contribution in [0, 0.1) is 6.92 Å². The zero-order valence-electron chi connectivity index (χ0n) is 16.6. The standard InChI is InChI=1S/C22H27ClN2O3S/c1-17-2-8-21(9-3-17)29(27,28)15-12-22(26)24-20-10-13-25(14-11-20)16-18-4-6-19(23)7-5-18/h2-9,20H,10-16H2,1H3,(H,24,26). The van der Waals surface area contributed by atoms with Gasteiger partial charge in [0.2, 0.25) is 5.91 Å². The summed E-state index contributed by atoms with van der Waals surface area (Å²) < 4.78 is 24.8. The predicted molar refractivity (Wildman–Crippen MR) is 116 cm³/mol. The van der Waals surface area contributed by atoms with Crippen LogP contribution in [-0.2, 0) is 21.2 Å². The molecule has 0 atom stereocenters. The van der Waals surface area contributed by atoms with E-state index in [2.05, 4.69) is 10.2 Å². The molecule has 2 aromatic rings. The van der Waals surface area contributed by atoms with Crippen LogP contribution in [0.15, 0.2) is 53.4 Å². The number of nitrogens with zero attached hydrogens (tertiary/aromatic N) is 1. The lowest BCUT2D eigenvalue weighted by atomic mass is 10.0. The average Bonchev–Trinajstić information content (AvgIpc) is 2.70. The van der Waals surface area contributed by atoms with Gasteiger partial charge in [0.15, 0.2) is 9.84 Å². The van der Waals surface area contributed by atoms with Crippen LogP contribution in [0.4, 0.5) is 0 Å². The molecule has 5 nitrogen and oxygen atoms in total. The largest absolute Gasteiger partial charge is 0.353 e. The van der Waals surface area contributed by atoms with Crippen LogP contribution in [0.3, 0.4) is 0 Å². The summed E-state index contributed by atoms with van der Waals surface area (Å²) in [7, 11) is -3.44. The lowest BCUT2D eigenvalue weighted by molar-refractivity contribution is -0.121. The fourth-order valence-corrected chi connectivity index (χ4v) is 4.84. The summed E-state index contributed by atoms with van der Waals surface area (Å²) in [5.41, 5.74) is 2.22. The molecule has 2 aromatic carbocycles. The molecule has 0 spiro atoms. The quantitative estimate of drug-likeness (QED) is 0.723. The third-order valence-electron chi connectivity index (χ3n) is 5.25. The summed E-state index contributed by atoms with van der Waals surface area (Å²) in [6.45, 7) is 4.57. The van der Waals surface area contributed by atoms with Gasteiger partial charge >= 0.3 is 0 Å². The number of carbonyl (C=O) groups is 1. The molecule has 1 N–H and O–H groups in total. The topological polar surface area (TPSA) is 66.5 Å². The van der Waals surface area contributed by atoms with Crippen molar-refractivity contribution >= 4 is 27.3 Å². The summed E-state index contributed by atoms with van der Waals surface area (Å²) in [5, 5.41) is 3.73. The van der Waals surface area contributed by atoms with Gasteiger partial charge < -0.3 is 5.32 Å². The first kappa shape index (κ1) is 21.8. The van der Waals surface area contributed by atoms with Crippen LogP contribution in [-0.4, -0.2) is 44.1 Å². The highest BCUT2D eigenvalue weighted by Crippen LogP contribution is 2.17. The van der Waals surface area contributed by atoms with Crippen molar-refractivity contribution in [2.75, 3.05) is 18.8 Å². The SMILES string of the molecule is Cc1ccc(S(=O)(=O)CCC(=O)NC2CCN(Cc3ccc(Cl)cc3)CC2)cc1. The van der Waals surface area contributed by atoms with Crippen LogP contribution < -0.4 is 5.32 Å². The number of hydrogen-bond donors (Lipinski definition) is 1. The van der Waals surface area contributed by atoms with E-state index in [0.717, 1.165) is 43.1 Å². The third-order valence-corrected chi connectivity index (χ3v) is 7.23. The second-order valence-corrected chi connectivity index (χ2v) is 10.2. The van der Waals surface area contributed by atoms with Gasteiger partial charge in [-0.3, -0.25) is 9.69 Å². The molecule has 1 aliphatic rings. The zero-order valence-corrected chi connectivity index (χ0v) is 18.2. The summed E-state index contributed by atoms with van der Waals surface area (Å²) in [4.78, 5) is 14.9. The first-order valence-electron chi connectivity index (χ1n) is 9.87. The molecular weight excluding hydrogens is 408 g/mol. The Labute approximate surface area is 178 Å². The smallest absolute Gasteiger partial charge is 0.221 e. The fourth-order valence-electron chi connectivity index (χ4n) is 3.47. The lowest BCUT2D eigenvalue weighted by Gasteiger charge is -2.32. The highest BCUT2D eigenvalue weighted by Gasteiger charge is 2.22. The Bertz CT molecular complexity index is 920. The van der Waals surface area contributed by atoms with Gasteiger partial charge in [-0.2, -0.15) is 0 Å². The van der Waals surface area contributed by atoms with Gasteiger partial charge in [0, 0.05) is 37.1 Å². The molecule has 0 aliphatic carbocycles. The minimum Gasteiger partial charge on any atom is -0.353 e. The number of sulfone groups is 1. The summed E-state index contributed by atoms with van der Waals surface area (Å²) >= 11 is 5.93. The molecular formula is C22H27ClN2O3S. The van der Waals surface area contributed by atoms with Gasteiger partial charge in [-0.25, -0.2) is 8.42 Å². The zero-order chi connectivity index (χ0) is 20.9. The van der Waals surface area contributed by atoms with Gasteiger partial charge in [0.25, 0.3) is 0 Å². The molecule has 1 fully saturated rings. The maximum atomic E-state index is 12.4. The summed E-state index contributed by atoms with van der Waals surface area (Å²) in [6.07, 6.45) is 1.72. The molecule has 0 aromatic heterocycles. The number of halogens is 1. The van der Waals surface area contributed by atoms with Crippen LogP contribution in [0.1, 0.15) is 30.4 Å². The Hall–Kier alpha value is -1.89. The van der Waals surface area contributed by atoms with Gasteiger partial charge in [-0.1, -0.05) is 41.4 Å². The Kier molecular flexibility index (Phi) is 7.33. The van der Waals surface area contributed by atoms with Crippen LogP contribution in [0.25, 0.3) is 0 Å². The minimum absolute atomic E-state index is 0.0127. The summed E-state index contributed by atoms with van der Waals surface area (Å²) in [6, 6.07) is 14.7. The van der Waals surface area contributed by atoms with Gasteiger partial charge in [-0.15, -0.1) is 0 Å². The minimum atomic E-state index is -3.44. The van der Waals surface area contributed by atoms with Crippen molar-refractivity contribution in [3.63, 3.8) is 0 Å². The number of hydrogen-bond acceptors (Lipinski definition) is 4. The van der Waals surface area contributed by atoms with Crippen molar-refractivity contribution in [1.82, 2.24) is 10.2 Å². The first-order valence-corrected chi connectivity index (χ1v) is 11.9. The molecule has 0 bridgehead atoms. The number of aryl methyl sites for hydroxylation is 1. The van der Waals surface area contributed by atoms with E-state index in [-0.39, 0.29) is 29.0 Å². The second kappa shape index (κ2) is 9.74. The van der Waals surface area contributed by atoms with Gasteiger partial charge in [0.1, 0.15) is 0 Å². The molecule has 0 radical (unpaired) electrons. The summed E-state index contributed by atoms with van der Waals surface area (Å²) in [5.74, 6) is -0.367. The van der Waals surface area contributed by atoms with E-state index < -0.39 is 9.84 Å². The fraction of sp³-hybridized carbons (Fsp3) is 0.409. The van der Waals surface area contributed by atoms with Crippen molar-refractivity contribution < 1.29 is 13.2 Å². The van der Waals surface area contributed by atoms with E-state index in [1.807, 2.05) is 31.2 Å². The monoisotopic (exact) mass is 434 g/mol. The normalized spacial score (nSPS) is 15.9. The predicted octanol–water partition coefficient (Wildman–Crippen LogP) is 3.59. The molecule has 3 rings (SSSR count). The van der Waals surface area contributed by atoms with E-state index in [0.29, 0.717) is 0 Å². The van der Waals surface area contributed by atoms with E-state index in [1.165, 1.54) is 5.56 Å². The number of benzene rings is 2. The number of nitrogens with one attached hydrogen (secondary N) is 1. The second-order valence-electron chi connectivity index (χ2n) is 7.63. The van der Waals surface area contributed by atoms with Crippen LogP contribution in [0.5, 0.6) is 0 Å². The van der Waals surface area contributed by atoms with Crippen LogP contribution in [0.2, 0.25) is 5.02 Å².